The first-order valence-corrected chi connectivity index (χ1v) is 8.01. The molecule has 0 aliphatic rings. The Morgan fingerprint density at radius 1 is 1.29 bits per heavy atom. The van der Waals surface area contributed by atoms with E-state index in [2.05, 4.69) is 41.5 Å². The summed E-state index contributed by atoms with van der Waals surface area (Å²) in [6, 6.07) is 6.16. The number of aryl methyl sites for hydroxylation is 3. The van der Waals surface area contributed by atoms with Gasteiger partial charge in [-0.2, -0.15) is 0 Å². The van der Waals surface area contributed by atoms with Crippen LogP contribution in [-0.4, -0.2) is 26.4 Å². The smallest absolute Gasteiger partial charge is 0.234 e. The summed E-state index contributed by atoms with van der Waals surface area (Å²) in [6.07, 6.45) is 3.43. The van der Waals surface area contributed by atoms with Crippen molar-refractivity contribution in [1.29, 1.82) is 0 Å². The molecule has 5 nitrogen and oxygen atoms in total. The summed E-state index contributed by atoms with van der Waals surface area (Å²) in [7, 11) is 1.86. The van der Waals surface area contributed by atoms with Crippen molar-refractivity contribution in [2.75, 3.05) is 11.1 Å². The minimum absolute atomic E-state index is 0.0152. The molecule has 0 aliphatic heterocycles. The quantitative estimate of drug-likeness (QED) is 0.834. The van der Waals surface area contributed by atoms with E-state index < -0.39 is 0 Å². The number of hydrogen-bond acceptors (Lipinski definition) is 4. The van der Waals surface area contributed by atoms with Crippen LogP contribution < -0.4 is 5.32 Å². The van der Waals surface area contributed by atoms with Crippen LogP contribution in [0.3, 0.4) is 0 Å². The predicted molar refractivity (Wildman–Crippen MR) is 85.6 cm³/mol. The van der Waals surface area contributed by atoms with Crippen molar-refractivity contribution in [3.8, 4) is 0 Å². The number of nitrogens with zero attached hydrogens (tertiary/aromatic N) is 3. The number of para-hydroxylation sites is 1. The van der Waals surface area contributed by atoms with Crippen LogP contribution in [0.5, 0.6) is 0 Å². The van der Waals surface area contributed by atoms with Gasteiger partial charge in [0, 0.05) is 12.7 Å². The second kappa shape index (κ2) is 7.26. The average Bonchev–Trinajstić information content (AvgIpc) is 2.90. The average molecular weight is 304 g/mol. The summed E-state index contributed by atoms with van der Waals surface area (Å²) in [5.74, 6) is 0.312. The van der Waals surface area contributed by atoms with Crippen LogP contribution in [0.2, 0.25) is 0 Å². The predicted octanol–water partition coefficient (Wildman–Crippen LogP) is 2.67. The highest BCUT2D eigenvalue weighted by Crippen LogP contribution is 2.23. The van der Waals surface area contributed by atoms with Crippen molar-refractivity contribution in [2.24, 2.45) is 7.05 Å². The van der Waals surface area contributed by atoms with E-state index in [1.165, 1.54) is 22.9 Å². The van der Waals surface area contributed by atoms with Crippen LogP contribution >= 0.6 is 11.8 Å². The highest BCUT2D eigenvalue weighted by atomic mass is 32.2. The lowest BCUT2D eigenvalue weighted by molar-refractivity contribution is -0.113. The number of benzene rings is 1. The highest BCUT2D eigenvalue weighted by molar-refractivity contribution is 7.99. The molecule has 0 saturated carbocycles. The number of carbonyl (C=O) groups excluding carboxylic acids is 1. The molecule has 21 heavy (non-hydrogen) atoms. The molecule has 2 rings (SSSR count). The number of anilines is 1. The normalized spacial score (nSPS) is 10.6. The van der Waals surface area contributed by atoms with Gasteiger partial charge in [-0.15, -0.1) is 10.2 Å². The Labute approximate surface area is 129 Å². The lowest BCUT2D eigenvalue weighted by Gasteiger charge is -2.14. The van der Waals surface area contributed by atoms with E-state index in [4.69, 9.17) is 0 Å². The molecule has 0 aliphatic carbocycles. The van der Waals surface area contributed by atoms with Gasteiger partial charge in [-0.25, -0.2) is 0 Å². The van der Waals surface area contributed by atoms with Gasteiger partial charge in [0.05, 0.1) is 5.75 Å². The maximum atomic E-state index is 12.2. The van der Waals surface area contributed by atoms with Gasteiger partial charge >= 0.3 is 0 Å². The third kappa shape index (κ3) is 3.85. The zero-order chi connectivity index (χ0) is 15.2. The third-order valence-corrected chi connectivity index (χ3v) is 4.30. The van der Waals surface area contributed by atoms with Gasteiger partial charge in [-0.05, 0) is 24.0 Å². The van der Waals surface area contributed by atoms with E-state index in [9.17, 15) is 4.79 Å². The zero-order valence-corrected chi connectivity index (χ0v) is 13.4. The van der Waals surface area contributed by atoms with Gasteiger partial charge in [0.1, 0.15) is 6.33 Å². The van der Waals surface area contributed by atoms with Crippen LogP contribution in [0.15, 0.2) is 29.7 Å². The van der Waals surface area contributed by atoms with Crippen molar-refractivity contribution >= 4 is 23.4 Å². The van der Waals surface area contributed by atoms with Crippen molar-refractivity contribution in [1.82, 2.24) is 14.8 Å². The van der Waals surface area contributed by atoms with Crippen LogP contribution in [0, 0.1) is 0 Å². The molecular weight excluding hydrogens is 284 g/mol. The first kappa shape index (κ1) is 15.6. The maximum absolute atomic E-state index is 12.2. The summed E-state index contributed by atoms with van der Waals surface area (Å²) in [4.78, 5) is 12.2. The van der Waals surface area contributed by atoms with Gasteiger partial charge in [-0.1, -0.05) is 43.8 Å². The number of rotatable bonds is 6. The fourth-order valence-corrected chi connectivity index (χ4v) is 2.80. The Bertz CT molecular complexity index is 602. The lowest BCUT2D eigenvalue weighted by Crippen LogP contribution is -2.17. The van der Waals surface area contributed by atoms with E-state index >= 15 is 0 Å². The van der Waals surface area contributed by atoms with Gasteiger partial charge in [0.2, 0.25) is 5.91 Å². The Morgan fingerprint density at radius 3 is 2.48 bits per heavy atom. The molecule has 0 radical (unpaired) electrons. The van der Waals surface area contributed by atoms with Crippen molar-refractivity contribution < 1.29 is 4.79 Å². The van der Waals surface area contributed by atoms with Gasteiger partial charge in [0.25, 0.3) is 0 Å². The molecule has 0 unspecified atom stereocenters. The molecule has 6 heteroatoms. The van der Waals surface area contributed by atoms with Crippen LogP contribution in [0.25, 0.3) is 0 Å². The summed E-state index contributed by atoms with van der Waals surface area (Å²) in [5.41, 5.74) is 3.31. The molecule has 1 aromatic carbocycles. The summed E-state index contributed by atoms with van der Waals surface area (Å²) in [6.45, 7) is 4.19. The number of hydrogen-bond donors (Lipinski definition) is 1. The van der Waals surface area contributed by atoms with Crippen LogP contribution in [0.1, 0.15) is 25.0 Å². The number of thioether (sulfide) groups is 1. The molecule has 1 amide bonds. The molecule has 2 aromatic rings. The van der Waals surface area contributed by atoms with E-state index in [0.29, 0.717) is 5.75 Å². The van der Waals surface area contributed by atoms with E-state index in [1.54, 1.807) is 10.9 Å². The summed E-state index contributed by atoms with van der Waals surface area (Å²) < 4.78 is 1.80. The van der Waals surface area contributed by atoms with Crippen LogP contribution in [0.4, 0.5) is 5.69 Å². The molecule has 1 N–H and O–H groups in total. The molecule has 112 valence electrons. The topological polar surface area (TPSA) is 59.8 Å². The molecule has 0 fully saturated rings. The monoisotopic (exact) mass is 304 g/mol. The molecule has 0 spiro atoms. The maximum Gasteiger partial charge on any atom is 0.234 e. The standard InChI is InChI=1S/C15H20N4OS/c1-4-11-7-6-8-12(5-2)14(11)17-13(20)9-21-15-18-16-10-19(15)3/h6-8,10H,4-5,9H2,1-3H3,(H,17,20). The van der Waals surface area contributed by atoms with Crippen LogP contribution in [-0.2, 0) is 24.7 Å². The Balaban J connectivity index is 2.04. The van der Waals surface area contributed by atoms with Crippen molar-refractivity contribution in [3.05, 3.63) is 35.7 Å². The Morgan fingerprint density at radius 2 is 1.95 bits per heavy atom. The minimum Gasteiger partial charge on any atom is -0.325 e. The number of carbonyl (C=O) groups is 1. The lowest BCUT2D eigenvalue weighted by atomic mass is 10.0. The summed E-state index contributed by atoms with van der Waals surface area (Å²) >= 11 is 1.39. The molecular formula is C15H20N4OS. The van der Waals surface area contributed by atoms with Gasteiger partial charge < -0.3 is 9.88 Å². The molecule has 0 saturated heterocycles. The summed E-state index contributed by atoms with van der Waals surface area (Å²) in [5, 5.41) is 11.5. The third-order valence-electron chi connectivity index (χ3n) is 3.27. The fraction of sp³-hybridized carbons (Fsp3) is 0.400. The van der Waals surface area contributed by atoms with Gasteiger partial charge in [-0.3, -0.25) is 4.79 Å². The number of aromatic nitrogens is 3. The number of nitrogens with one attached hydrogen (secondary N) is 1. The molecule has 1 heterocycles. The molecule has 0 atom stereocenters. The number of amides is 1. The second-order valence-electron chi connectivity index (χ2n) is 4.72. The van der Waals surface area contributed by atoms with Crippen molar-refractivity contribution in [2.45, 2.75) is 31.8 Å². The van der Waals surface area contributed by atoms with E-state index in [-0.39, 0.29) is 5.91 Å². The fourth-order valence-electron chi connectivity index (χ4n) is 2.11. The Kier molecular flexibility index (Phi) is 5.38. The first-order valence-electron chi connectivity index (χ1n) is 7.03. The Hall–Kier alpha value is -1.82. The highest BCUT2D eigenvalue weighted by Gasteiger charge is 2.11. The first-order chi connectivity index (χ1) is 10.2. The van der Waals surface area contributed by atoms with E-state index in [1.807, 2.05) is 13.1 Å². The minimum atomic E-state index is -0.0152. The van der Waals surface area contributed by atoms with Gasteiger partial charge in [0.15, 0.2) is 5.16 Å². The molecule has 1 aromatic heterocycles. The molecule has 0 bridgehead atoms. The van der Waals surface area contributed by atoms with Crippen molar-refractivity contribution in [3.63, 3.8) is 0 Å². The van der Waals surface area contributed by atoms with E-state index in [0.717, 1.165) is 23.7 Å². The SMILES string of the molecule is CCc1cccc(CC)c1NC(=O)CSc1nncn1C. The largest absolute Gasteiger partial charge is 0.325 e. The second-order valence-corrected chi connectivity index (χ2v) is 5.66. The zero-order valence-electron chi connectivity index (χ0n) is 12.6.